The Bertz CT molecular complexity index is 646. The molecule has 3 heterocycles. The number of ether oxygens (including phenoxy) is 1. The molecule has 0 spiro atoms. The lowest BCUT2D eigenvalue weighted by Crippen LogP contribution is -2.43. The molecule has 21 heavy (non-hydrogen) atoms. The van der Waals surface area contributed by atoms with Crippen molar-refractivity contribution in [2.45, 2.75) is 18.5 Å². The van der Waals surface area contributed by atoms with Gasteiger partial charge in [0, 0.05) is 31.2 Å². The van der Waals surface area contributed by atoms with Crippen LogP contribution in [-0.2, 0) is 0 Å². The van der Waals surface area contributed by atoms with Crippen molar-refractivity contribution >= 4 is 5.69 Å². The van der Waals surface area contributed by atoms with E-state index in [9.17, 15) is 4.39 Å². The van der Waals surface area contributed by atoms with Crippen LogP contribution in [0.2, 0.25) is 0 Å². The van der Waals surface area contributed by atoms with Gasteiger partial charge in [-0.2, -0.15) is 0 Å². The summed E-state index contributed by atoms with van der Waals surface area (Å²) in [5.74, 6) is 1.02. The fourth-order valence-corrected chi connectivity index (χ4v) is 3.14. The number of pyridine rings is 1. The molecule has 2 saturated heterocycles. The third-order valence-electron chi connectivity index (χ3n) is 4.14. The van der Waals surface area contributed by atoms with Gasteiger partial charge in [0.25, 0.3) is 0 Å². The second kappa shape index (κ2) is 5.00. The summed E-state index contributed by atoms with van der Waals surface area (Å²) in [5, 5.41) is 3.49. The van der Waals surface area contributed by atoms with Gasteiger partial charge in [0.1, 0.15) is 17.3 Å². The second-order valence-corrected chi connectivity index (χ2v) is 5.58. The highest BCUT2D eigenvalue weighted by atomic mass is 19.1. The number of benzene rings is 1. The monoisotopic (exact) mass is 285 g/mol. The van der Waals surface area contributed by atoms with E-state index >= 15 is 0 Å². The summed E-state index contributed by atoms with van der Waals surface area (Å²) in [6.07, 6.45) is 4.75. The Hall–Kier alpha value is -2.14. The van der Waals surface area contributed by atoms with Crippen molar-refractivity contribution in [2.75, 3.05) is 18.0 Å². The number of piperazine rings is 1. The predicted octanol–water partition coefficient (Wildman–Crippen LogP) is 2.56. The molecular weight excluding hydrogens is 269 g/mol. The van der Waals surface area contributed by atoms with E-state index in [4.69, 9.17) is 4.74 Å². The lowest BCUT2D eigenvalue weighted by atomic mass is 10.2. The molecule has 4 rings (SSSR count). The molecule has 2 atom stereocenters. The summed E-state index contributed by atoms with van der Waals surface area (Å²) in [6, 6.07) is 9.15. The van der Waals surface area contributed by atoms with Crippen molar-refractivity contribution in [1.29, 1.82) is 0 Å². The van der Waals surface area contributed by atoms with Crippen LogP contribution in [0.25, 0.3) is 0 Å². The van der Waals surface area contributed by atoms with Crippen LogP contribution in [-0.4, -0.2) is 30.2 Å². The molecule has 108 valence electrons. The SMILES string of the molecule is Fc1ccc(Oc2cncc(N3C[C@@H]4C[C@H]3CN4)c2)cc1. The number of rotatable bonds is 3. The average Bonchev–Trinajstić information content (AvgIpc) is 3.13. The van der Waals surface area contributed by atoms with Crippen LogP contribution in [0.1, 0.15) is 6.42 Å². The summed E-state index contributed by atoms with van der Waals surface area (Å²) in [6.45, 7) is 2.06. The van der Waals surface area contributed by atoms with Gasteiger partial charge in [0.15, 0.2) is 0 Å². The lowest BCUT2D eigenvalue weighted by Gasteiger charge is -2.29. The van der Waals surface area contributed by atoms with Gasteiger partial charge in [-0.1, -0.05) is 0 Å². The summed E-state index contributed by atoms with van der Waals surface area (Å²) in [4.78, 5) is 6.65. The molecule has 2 aliphatic rings. The molecule has 2 fully saturated rings. The van der Waals surface area contributed by atoms with Crippen molar-refractivity contribution in [2.24, 2.45) is 0 Å². The van der Waals surface area contributed by atoms with E-state index in [1.54, 1.807) is 18.3 Å². The van der Waals surface area contributed by atoms with E-state index in [0.717, 1.165) is 18.8 Å². The Kier molecular flexibility index (Phi) is 3.00. The molecule has 2 aliphatic heterocycles. The van der Waals surface area contributed by atoms with Crippen molar-refractivity contribution in [3.63, 3.8) is 0 Å². The van der Waals surface area contributed by atoms with Gasteiger partial charge in [-0.05, 0) is 30.7 Å². The first-order valence-corrected chi connectivity index (χ1v) is 7.16. The first kappa shape index (κ1) is 12.6. The standard InChI is InChI=1S/C16H16FN3O/c17-11-1-3-15(4-2-11)21-16-6-14(7-18-9-16)20-10-12-5-13(20)8-19-12/h1-4,6-7,9,12-13,19H,5,8,10H2/t12-,13-/m0/s1. The zero-order valence-electron chi connectivity index (χ0n) is 11.5. The van der Waals surface area contributed by atoms with Crippen LogP contribution in [0.15, 0.2) is 42.7 Å². The maximum atomic E-state index is 12.9. The summed E-state index contributed by atoms with van der Waals surface area (Å²) in [5.41, 5.74) is 1.09. The molecule has 0 aliphatic carbocycles. The van der Waals surface area contributed by atoms with E-state index in [0.29, 0.717) is 23.6 Å². The number of hydrogen-bond donors (Lipinski definition) is 1. The topological polar surface area (TPSA) is 37.4 Å². The Labute approximate surface area is 122 Å². The van der Waals surface area contributed by atoms with Gasteiger partial charge in [-0.15, -0.1) is 0 Å². The van der Waals surface area contributed by atoms with Gasteiger partial charge in [-0.3, -0.25) is 4.98 Å². The number of nitrogens with zero attached hydrogens (tertiary/aromatic N) is 2. The highest BCUT2D eigenvalue weighted by molar-refractivity contribution is 5.52. The fourth-order valence-electron chi connectivity index (χ4n) is 3.14. The number of hydrogen-bond acceptors (Lipinski definition) is 4. The largest absolute Gasteiger partial charge is 0.456 e. The average molecular weight is 285 g/mol. The zero-order chi connectivity index (χ0) is 14.2. The number of anilines is 1. The summed E-state index contributed by atoms with van der Waals surface area (Å²) in [7, 11) is 0. The highest BCUT2D eigenvalue weighted by Crippen LogP contribution is 2.31. The molecular formula is C16H16FN3O. The maximum absolute atomic E-state index is 12.9. The van der Waals surface area contributed by atoms with Crippen LogP contribution >= 0.6 is 0 Å². The molecule has 5 heteroatoms. The minimum absolute atomic E-state index is 0.269. The third kappa shape index (κ3) is 2.45. The Balaban J connectivity index is 1.54. The van der Waals surface area contributed by atoms with E-state index in [2.05, 4.69) is 15.2 Å². The second-order valence-electron chi connectivity index (χ2n) is 5.58. The van der Waals surface area contributed by atoms with Gasteiger partial charge in [-0.25, -0.2) is 4.39 Å². The first-order valence-electron chi connectivity index (χ1n) is 7.16. The number of halogens is 1. The van der Waals surface area contributed by atoms with E-state index in [1.165, 1.54) is 18.6 Å². The highest BCUT2D eigenvalue weighted by Gasteiger charge is 2.37. The van der Waals surface area contributed by atoms with Gasteiger partial charge in [0.2, 0.25) is 0 Å². The van der Waals surface area contributed by atoms with Gasteiger partial charge >= 0.3 is 0 Å². The molecule has 1 aromatic carbocycles. The van der Waals surface area contributed by atoms with Gasteiger partial charge < -0.3 is 15.0 Å². The molecule has 1 N–H and O–H groups in total. The third-order valence-corrected chi connectivity index (χ3v) is 4.14. The molecule has 2 aromatic rings. The minimum Gasteiger partial charge on any atom is -0.456 e. The number of aromatic nitrogens is 1. The Morgan fingerprint density at radius 3 is 2.76 bits per heavy atom. The lowest BCUT2D eigenvalue weighted by molar-refractivity contribution is 0.477. The number of fused-ring (bicyclic) bond motifs is 2. The Morgan fingerprint density at radius 2 is 2.05 bits per heavy atom. The maximum Gasteiger partial charge on any atom is 0.147 e. The quantitative estimate of drug-likeness (QED) is 0.940. The van der Waals surface area contributed by atoms with Crippen LogP contribution < -0.4 is 15.0 Å². The van der Waals surface area contributed by atoms with Crippen LogP contribution in [0.4, 0.5) is 10.1 Å². The van der Waals surface area contributed by atoms with E-state index in [-0.39, 0.29) is 5.82 Å². The summed E-state index contributed by atoms with van der Waals surface area (Å²) < 4.78 is 18.6. The molecule has 0 unspecified atom stereocenters. The van der Waals surface area contributed by atoms with Crippen LogP contribution in [0.5, 0.6) is 11.5 Å². The molecule has 2 bridgehead atoms. The van der Waals surface area contributed by atoms with Crippen molar-refractivity contribution in [3.8, 4) is 11.5 Å². The van der Waals surface area contributed by atoms with Crippen LogP contribution in [0.3, 0.4) is 0 Å². The normalized spacial score (nSPS) is 23.6. The van der Waals surface area contributed by atoms with Crippen molar-refractivity contribution in [1.82, 2.24) is 10.3 Å². The van der Waals surface area contributed by atoms with E-state index in [1.807, 2.05) is 12.3 Å². The number of nitrogens with one attached hydrogen (secondary N) is 1. The molecule has 4 nitrogen and oxygen atoms in total. The minimum atomic E-state index is -0.269. The molecule has 1 aromatic heterocycles. The summed E-state index contributed by atoms with van der Waals surface area (Å²) >= 11 is 0. The smallest absolute Gasteiger partial charge is 0.147 e. The van der Waals surface area contributed by atoms with Crippen LogP contribution in [0, 0.1) is 5.82 Å². The van der Waals surface area contributed by atoms with E-state index < -0.39 is 0 Å². The molecule has 0 amide bonds. The zero-order valence-corrected chi connectivity index (χ0v) is 11.5. The fraction of sp³-hybridized carbons (Fsp3) is 0.312. The molecule has 0 radical (unpaired) electrons. The van der Waals surface area contributed by atoms with Crippen molar-refractivity contribution < 1.29 is 9.13 Å². The van der Waals surface area contributed by atoms with Gasteiger partial charge in [0.05, 0.1) is 18.1 Å². The first-order chi connectivity index (χ1) is 10.3. The predicted molar refractivity (Wildman–Crippen MR) is 78.3 cm³/mol. The Morgan fingerprint density at radius 1 is 1.19 bits per heavy atom. The van der Waals surface area contributed by atoms with Crippen molar-refractivity contribution in [3.05, 3.63) is 48.5 Å². The molecule has 0 saturated carbocycles.